The number of hydrogen-bond acceptors (Lipinski definition) is 5. The fraction of sp³-hybridized carbons (Fsp3) is 0.438. The summed E-state index contributed by atoms with van der Waals surface area (Å²) in [6.45, 7) is 2.84. The normalized spacial score (nSPS) is 11.6. The van der Waals surface area contributed by atoms with Crippen molar-refractivity contribution in [1.29, 1.82) is 0 Å². The number of carbonyl (C=O) groups is 1. The molecule has 0 saturated heterocycles. The van der Waals surface area contributed by atoms with Gasteiger partial charge >= 0.3 is 5.97 Å². The summed E-state index contributed by atoms with van der Waals surface area (Å²) in [5.41, 5.74) is 0.901. The lowest BCUT2D eigenvalue weighted by Crippen LogP contribution is -2.25. The van der Waals surface area contributed by atoms with Crippen LogP contribution >= 0.6 is 0 Å². The second-order valence-corrected chi connectivity index (χ2v) is 7.44. The summed E-state index contributed by atoms with van der Waals surface area (Å²) in [4.78, 5) is 11.0. The first-order valence-electron chi connectivity index (χ1n) is 8.14. The van der Waals surface area contributed by atoms with Gasteiger partial charge in [0.2, 0.25) is 10.0 Å². The summed E-state index contributed by atoms with van der Waals surface area (Å²) >= 11 is 0. The number of nitrogens with one attached hydrogen (secondary N) is 1. The molecule has 1 aromatic carbocycles. The Labute approximate surface area is 146 Å². The maximum Gasteiger partial charge on any atom is 0.358 e. The monoisotopic (exact) mass is 366 g/mol. The molecular weight excluding hydrogens is 344 g/mol. The summed E-state index contributed by atoms with van der Waals surface area (Å²) in [6.07, 6.45) is 4.42. The van der Waals surface area contributed by atoms with Crippen molar-refractivity contribution in [2.75, 3.05) is 6.54 Å². The van der Waals surface area contributed by atoms with Gasteiger partial charge in [-0.1, -0.05) is 30.7 Å². The zero-order chi connectivity index (χ0) is 18.3. The van der Waals surface area contributed by atoms with E-state index in [1.165, 1.54) is 10.9 Å². The Morgan fingerprint density at radius 3 is 2.80 bits per heavy atom. The van der Waals surface area contributed by atoms with Crippen LogP contribution in [0, 0.1) is 0 Å². The number of benzene rings is 1. The van der Waals surface area contributed by atoms with E-state index in [1.807, 2.05) is 13.0 Å². The maximum atomic E-state index is 12.3. The van der Waals surface area contributed by atoms with Crippen LogP contribution in [0.15, 0.2) is 35.4 Å². The molecule has 0 fully saturated rings. The van der Waals surface area contributed by atoms with E-state index >= 15 is 0 Å². The molecule has 0 atom stereocenters. The fourth-order valence-corrected chi connectivity index (χ4v) is 3.50. The largest absolute Gasteiger partial charge is 0.476 e. The number of aryl methyl sites for hydroxylation is 2. The van der Waals surface area contributed by atoms with Crippen LogP contribution in [0.2, 0.25) is 0 Å². The highest BCUT2D eigenvalue weighted by Crippen LogP contribution is 2.13. The molecule has 0 aliphatic heterocycles. The van der Waals surface area contributed by atoms with Gasteiger partial charge in [0.05, 0.1) is 11.1 Å². The minimum absolute atomic E-state index is 0.104. The van der Waals surface area contributed by atoms with Gasteiger partial charge < -0.3 is 5.11 Å². The smallest absolute Gasteiger partial charge is 0.358 e. The van der Waals surface area contributed by atoms with Gasteiger partial charge in [0.15, 0.2) is 5.69 Å². The SMILES string of the molecule is CCCc1cccc(S(=O)(=O)NCCCCn2cc(C(=O)O)nn2)c1. The molecule has 0 unspecified atom stereocenters. The topological polar surface area (TPSA) is 114 Å². The molecule has 0 radical (unpaired) electrons. The quantitative estimate of drug-likeness (QED) is 0.619. The van der Waals surface area contributed by atoms with Gasteiger partial charge in [0, 0.05) is 13.1 Å². The van der Waals surface area contributed by atoms with E-state index in [4.69, 9.17) is 5.11 Å². The Kier molecular flexibility index (Phi) is 6.65. The lowest BCUT2D eigenvalue weighted by atomic mass is 10.1. The molecule has 8 nitrogen and oxygen atoms in total. The summed E-state index contributed by atoms with van der Waals surface area (Å²) < 4.78 is 28.6. The number of hydrogen-bond donors (Lipinski definition) is 2. The molecule has 2 N–H and O–H groups in total. The van der Waals surface area contributed by atoms with Gasteiger partial charge in [0.1, 0.15) is 0 Å². The number of sulfonamides is 1. The van der Waals surface area contributed by atoms with Gasteiger partial charge in [-0.25, -0.2) is 17.9 Å². The number of nitrogens with zero attached hydrogens (tertiary/aromatic N) is 3. The van der Waals surface area contributed by atoms with Crippen LogP contribution in [0.3, 0.4) is 0 Å². The van der Waals surface area contributed by atoms with E-state index in [0.29, 0.717) is 25.9 Å². The molecule has 2 rings (SSSR count). The summed E-state index contributed by atoms with van der Waals surface area (Å²) in [5.74, 6) is -1.12. The Morgan fingerprint density at radius 1 is 1.32 bits per heavy atom. The number of aromatic nitrogens is 3. The van der Waals surface area contributed by atoms with Crippen molar-refractivity contribution >= 4 is 16.0 Å². The molecule has 1 aromatic heterocycles. The summed E-state index contributed by atoms with van der Waals surface area (Å²) in [5, 5.41) is 16.0. The van der Waals surface area contributed by atoms with Crippen molar-refractivity contribution in [3.05, 3.63) is 41.7 Å². The van der Waals surface area contributed by atoms with Crippen LogP contribution < -0.4 is 4.72 Å². The first-order chi connectivity index (χ1) is 11.9. The number of rotatable bonds is 10. The van der Waals surface area contributed by atoms with Crippen molar-refractivity contribution < 1.29 is 18.3 Å². The highest BCUT2D eigenvalue weighted by Gasteiger charge is 2.13. The molecule has 9 heteroatoms. The zero-order valence-corrected chi connectivity index (χ0v) is 14.9. The Bertz CT molecular complexity index is 817. The molecule has 0 bridgehead atoms. The first kappa shape index (κ1) is 19.1. The van der Waals surface area contributed by atoms with Crippen molar-refractivity contribution in [2.24, 2.45) is 0 Å². The van der Waals surface area contributed by atoms with Crippen LogP contribution in [0.25, 0.3) is 0 Å². The van der Waals surface area contributed by atoms with E-state index in [2.05, 4.69) is 15.0 Å². The van der Waals surface area contributed by atoms with E-state index in [-0.39, 0.29) is 10.6 Å². The molecule has 25 heavy (non-hydrogen) atoms. The highest BCUT2D eigenvalue weighted by atomic mass is 32.2. The molecule has 0 saturated carbocycles. The van der Waals surface area contributed by atoms with Crippen molar-refractivity contribution in [1.82, 2.24) is 19.7 Å². The van der Waals surface area contributed by atoms with Crippen molar-refractivity contribution in [3.8, 4) is 0 Å². The second kappa shape index (κ2) is 8.72. The molecular formula is C16H22N4O4S. The summed E-state index contributed by atoms with van der Waals surface area (Å²) in [7, 11) is -3.52. The molecule has 2 aromatic rings. The number of aromatic carboxylic acids is 1. The predicted octanol–water partition coefficient (Wildman–Crippen LogP) is 1.69. The fourth-order valence-electron chi connectivity index (χ4n) is 2.35. The molecule has 0 amide bonds. The lowest BCUT2D eigenvalue weighted by molar-refractivity contribution is 0.0690. The van der Waals surface area contributed by atoms with Gasteiger partial charge in [-0.05, 0) is 37.0 Å². The minimum atomic E-state index is -3.52. The number of carboxylic acids is 1. The molecule has 1 heterocycles. The van der Waals surface area contributed by atoms with E-state index in [1.54, 1.807) is 18.2 Å². The van der Waals surface area contributed by atoms with Crippen LogP contribution in [-0.4, -0.2) is 41.0 Å². The summed E-state index contributed by atoms with van der Waals surface area (Å²) in [6, 6.07) is 6.97. The zero-order valence-electron chi connectivity index (χ0n) is 14.1. The molecule has 0 aliphatic carbocycles. The number of unbranched alkanes of at least 4 members (excludes halogenated alkanes) is 1. The predicted molar refractivity (Wildman–Crippen MR) is 91.8 cm³/mol. The van der Waals surface area contributed by atoms with Gasteiger partial charge in [-0.2, -0.15) is 0 Å². The third-order valence-electron chi connectivity index (χ3n) is 3.61. The maximum absolute atomic E-state index is 12.3. The average molecular weight is 366 g/mol. The number of carboxylic acid groups (broad SMARTS) is 1. The minimum Gasteiger partial charge on any atom is -0.476 e. The van der Waals surface area contributed by atoms with Crippen molar-refractivity contribution in [3.63, 3.8) is 0 Å². The Hall–Kier alpha value is -2.26. The van der Waals surface area contributed by atoms with E-state index < -0.39 is 16.0 Å². The molecule has 0 spiro atoms. The third kappa shape index (κ3) is 5.64. The van der Waals surface area contributed by atoms with Gasteiger partial charge in [-0.15, -0.1) is 5.10 Å². The Balaban J connectivity index is 1.80. The van der Waals surface area contributed by atoms with E-state index in [9.17, 15) is 13.2 Å². The Morgan fingerprint density at radius 2 is 2.12 bits per heavy atom. The third-order valence-corrected chi connectivity index (χ3v) is 5.07. The average Bonchev–Trinajstić information content (AvgIpc) is 3.04. The highest BCUT2D eigenvalue weighted by molar-refractivity contribution is 7.89. The second-order valence-electron chi connectivity index (χ2n) is 5.67. The van der Waals surface area contributed by atoms with Gasteiger partial charge in [0.25, 0.3) is 0 Å². The van der Waals surface area contributed by atoms with E-state index in [0.717, 1.165) is 18.4 Å². The van der Waals surface area contributed by atoms with Crippen LogP contribution in [0.5, 0.6) is 0 Å². The standard InChI is InChI=1S/C16H22N4O4S/c1-2-6-13-7-5-8-14(11-13)25(23,24)17-9-3-4-10-20-12-15(16(21)22)18-19-20/h5,7-8,11-12,17H,2-4,6,9-10H2,1H3,(H,21,22). The molecule has 0 aliphatic rings. The first-order valence-corrected chi connectivity index (χ1v) is 9.62. The van der Waals surface area contributed by atoms with Crippen molar-refractivity contribution in [2.45, 2.75) is 44.0 Å². The van der Waals surface area contributed by atoms with Crippen LogP contribution in [-0.2, 0) is 23.0 Å². The van der Waals surface area contributed by atoms with Crippen LogP contribution in [0.4, 0.5) is 0 Å². The van der Waals surface area contributed by atoms with Gasteiger partial charge in [-0.3, -0.25) is 4.68 Å². The molecule has 136 valence electrons. The van der Waals surface area contributed by atoms with Crippen LogP contribution in [0.1, 0.15) is 42.2 Å². The lowest BCUT2D eigenvalue weighted by Gasteiger charge is -2.08.